The van der Waals surface area contributed by atoms with Crippen molar-refractivity contribution in [2.75, 3.05) is 10.7 Å². The molecule has 27 heavy (non-hydrogen) atoms. The molecule has 138 valence electrons. The van der Waals surface area contributed by atoms with Gasteiger partial charge >= 0.3 is 0 Å². The van der Waals surface area contributed by atoms with Crippen LogP contribution in [-0.2, 0) is 6.54 Å². The van der Waals surface area contributed by atoms with E-state index in [9.17, 15) is 0 Å². The Kier molecular flexibility index (Phi) is 4.47. The number of pyridine rings is 2. The largest absolute Gasteiger partial charge is 0.364 e. The van der Waals surface area contributed by atoms with E-state index in [0.717, 1.165) is 28.2 Å². The van der Waals surface area contributed by atoms with Crippen molar-refractivity contribution in [3.63, 3.8) is 0 Å². The number of imidazole rings is 1. The summed E-state index contributed by atoms with van der Waals surface area (Å²) in [6.45, 7) is 4.80. The van der Waals surface area contributed by atoms with E-state index in [1.807, 2.05) is 58.1 Å². The van der Waals surface area contributed by atoms with Crippen LogP contribution in [0.25, 0.3) is 16.9 Å². The zero-order chi connectivity index (χ0) is 18.8. The second-order valence-electron chi connectivity index (χ2n) is 6.62. The number of nitrogen functional groups attached to an aromatic ring is 1. The van der Waals surface area contributed by atoms with Gasteiger partial charge in [0.15, 0.2) is 5.82 Å². The molecule has 4 aromatic rings. The molecule has 0 saturated carbocycles. The van der Waals surface area contributed by atoms with Crippen LogP contribution in [0.15, 0.2) is 55.2 Å². The summed E-state index contributed by atoms with van der Waals surface area (Å²) in [6.07, 6.45) is 9.58. The number of nitrogens with zero attached hydrogens (tertiary/aromatic N) is 5. The van der Waals surface area contributed by atoms with E-state index in [1.54, 1.807) is 6.20 Å². The van der Waals surface area contributed by atoms with Gasteiger partial charge in [0, 0.05) is 42.9 Å². The highest BCUT2D eigenvalue weighted by Gasteiger charge is 2.10. The average Bonchev–Trinajstić information content (AvgIpc) is 3.35. The van der Waals surface area contributed by atoms with Gasteiger partial charge in [-0.2, -0.15) is 5.10 Å². The summed E-state index contributed by atoms with van der Waals surface area (Å²) in [5.41, 5.74) is 7.28. The van der Waals surface area contributed by atoms with Gasteiger partial charge in [-0.3, -0.25) is 10.5 Å². The standard InChI is InChI=1S/C19H22N8/c1-13(2)27-12-15(10-23-27)16-4-5-17(25-20)19(24-16)22-9-14-3-6-18-21-7-8-26(18)11-14/h3-8,10-13,25H,9,20H2,1-2H3,(H,22,24). The number of aromatic nitrogens is 5. The molecular formula is C19H22N8. The lowest BCUT2D eigenvalue weighted by molar-refractivity contribution is 0.532. The molecular weight excluding hydrogens is 340 g/mol. The van der Waals surface area contributed by atoms with Crippen LogP contribution in [0.2, 0.25) is 0 Å². The van der Waals surface area contributed by atoms with E-state index in [0.29, 0.717) is 18.4 Å². The van der Waals surface area contributed by atoms with E-state index in [-0.39, 0.29) is 0 Å². The predicted molar refractivity (Wildman–Crippen MR) is 106 cm³/mol. The molecule has 4 N–H and O–H groups in total. The summed E-state index contributed by atoms with van der Waals surface area (Å²) in [5.74, 6) is 6.35. The third-order valence-corrected chi connectivity index (χ3v) is 4.39. The molecule has 0 radical (unpaired) electrons. The zero-order valence-electron chi connectivity index (χ0n) is 15.3. The van der Waals surface area contributed by atoms with Crippen molar-refractivity contribution in [2.45, 2.75) is 26.4 Å². The highest BCUT2D eigenvalue weighted by atomic mass is 15.3. The minimum Gasteiger partial charge on any atom is -0.364 e. The van der Waals surface area contributed by atoms with Crippen molar-refractivity contribution in [2.24, 2.45) is 5.84 Å². The smallest absolute Gasteiger partial charge is 0.151 e. The number of rotatable bonds is 6. The summed E-state index contributed by atoms with van der Waals surface area (Å²) in [6, 6.07) is 8.18. The normalized spacial score (nSPS) is 11.3. The van der Waals surface area contributed by atoms with Gasteiger partial charge in [0.1, 0.15) is 5.65 Å². The summed E-state index contributed by atoms with van der Waals surface area (Å²) in [5, 5.41) is 7.75. The SMILES string of the molecule is CC(C)n1cc(-c2ccc(NN)c(NCc3ccc4nccn4c3)n2)cn1. The van der Waals surface area contributed by atoms with Crippen LogP contribution in [0.5, 0.6) is 0 Å². The number of fused-ring (bicyclic) bond motifs is 1. The van der Waals surface area contributed by atoms with Crippen molar-refractivity contribution in [3.8, 4) is 11.3 Å². The van der Waals surface area contributed by atoms with Gasteiger partial charge in [0.2, 0.25) is 0 Å². The van der Waals surface area contributed by atoms with Gasteiger partial charge < -0.3 is 15.1 Å². The molecule has 0 saturated heterocycles. The van der Waals surface area contributed by atoms with Crippen molar-refractivity contribution in [3.05, 3.63) is 60.8 Å². The second kappa shape index (κ2) is 7.08. The molecule has 0 unspecified atom stereocenters. The van der Waals surface area contributed by atoms with Gasteiger partial charge in [-0.15, -0.1) is 0 Å². The van der Waals surface area contributed by atoms with Crippen LogP contribution in [0.1, 0.15) is 25.5 Å². The van der Waals surface area contributed by atoms with E-state index < -0.39 is 0 Å². The topological polar surface area (TPSA) is 98.1 Å². The van der Waals surface area contributed by atoms with Crippen molar-refractivity contribution >= 4 is 17.2 Å². The molecule has 0 amide bonds. The van der Waals surface area contributed by atoms with Crippen LogP contribution in [0, 0.1) is 0 Å². The van der Waals surface area contributed by atoms with Gasteiger partial charge in [-0.25, -0.2) is 9.97 Å². The lowest BCUT2D eigenvalue weighted by atomic mass is 10.2. The molecule has 0 spiro atoms. The molecule has 0 aromatic carbocycles. The highest BCUT2D eigenvalue weighted by molar-refractivity contribution is 5.70. The summed E-state index contributed by atoms with van der Waals surface area (Å²) < 4.78 is 3.91. The summed E-state index contributed by atoms with van der Waals surface area (Å²) >= 11 is 0. The Morgan fingerprint density at radius 3 is 2.81 bits per heavy atom. The Morgan fingerprint density at radius 1 is 1.15 bits per heavy atom. The number of anilines is 2. The predicted octanol–water partition coefficient (Wildman–Crippen LogP) is 3.07. The third kappa shape index (κ3) is 3.47. The second-order valence-corrected chi connectivity index (χ2v) is 6.62. The minimum absolute atomic E-state index is 0.305. The maximum Gasteiger partial charge on any atom is 0.151 e. The Hall–Kier alpha value is -3.39. The van der Waals surface area contributed by atoms with Crippen LogP contribution in [-0.4, -0.2) is 24.1 Å². The Balaban J connectivity index is 1.58. The molecule has 4 rings (SSSR count). The maximum absolute atomic E-state index is 5.65. The monoisotopic (exact) mass is 362 g/mol. The fourth-order valence-electron chi connectivity index (χ4n) is 2.88. The van der Waals surface area contributed by atoms with E-state index in [4.69, 9.17) is 10.8 Å². The zero-order valence-corrected chi connectivity index (χ0v) is 15.3. The lowest BCUT2D eigenvalue weighted by Gasteiger charge is -2.12. The molecule has 0 atom stereocenters. The lowest BCUT2D eigenvalue weighted by Crippen LogP contribution is -2.12. The maximum atomic E-state index is 5.65. The van der Waals surface area contributed by atoms with Gasteiger partial charge in [0.05, 0.1) is 17.6 Å². The minimum atomic E-state index is 0.305. The first kappa shape index (κ1) is 17.0. The first-order valence-corrected chi connectivity index (χ1v) is 8.81. The van der Waals surface area contributed by atoms with Crippen LogP contribution in [0.3, 0.4) is 0 Å². The van der Waals surface area contributed by atoms with Gasteiger partial charge in [-0.05, 0) is 37.6 Å². The van der Waals surface area contributed by atoms with Crippen LogP contribution in [0.4, 0.5) is 11.5 Å². The fraction of sp³-hybridized carbons (Fsp3) is 0.211. The van der Waals surface area contributed by atoms with Crippen LogP contribution < -0.4 is 16.6 Å². The molecule has 4 heterocycles. The molecule has 0 aliphatic heterocycles. The number of hydrogen-bond acceptors (Lipinski definition) is 6. The Morgan fingerprint density at radius 2 is 2.04 bits per heavy atom. The summed E-state index contributed by atoms with van der Waals surface area (Å²) in [4.78, 5) is 8.99. The first-order valence-electron chi connectivity index (χ1n) is 8.81. The first-order chi connectivity index (χ1) is 13.1. The molecule has 0 bridgehead atoms. The van der Waals surface area contributed by atoms with Crippen molar-refractivity contribution < 1.29 is 0 Å². The number of hydrogen-bond donors (Lipinski definition) is 3. The molecule has 8 nitrogen and oxygen atoms in total. The van der Waals surface area contributed by atoms with E-state index in [2.05, 4.69) is 34.7 Å². The van der Waals surface area contributed by atoms with Crippen molar-refractivity contribution in [1.82, 2.24) is 24.1 Å². The van der Waals surface area contributed by atoms with E-state index >= 15 is 0 Å². The summed E-state index contributed by atoms with van der Waals surface area (Å²) in [7, 11) is 0. The Bertz CT molecular complexity index is 1060. The molecule has 4 aromatic heterocycles. The van der Waals surface area contributed by atoms with Gasteiger partial charge in [0.25, 0.3) is 0 Å². The van der Waals surface area contributed by atoms with Crippen molar-refractivity contribution in [1.29, 1.82) is 0 Å². The van der Waals surface area contributed by atoms with Gasteiger partial charge in [-0.1, -0.05) is 6.07 Å². The molecule has 0 fully saturated rings. The number of hydrazine groups is 1. The molecule has 0 aliphatic carbocycles. The van der Waals surface area contributed by atoms with E-state index in [1.165, 1.54) is 0 Å². The molecule has 8 heteroatoms. The third-order valence-electron chi connectivity index (χ3n) is 4.39. The highest BCUT2D eigenvalue weighted by Crippen LogP contribution is 2.25. The quantitative estimate of drug-likeness (QED) is 0.360. The number of nitrogens with two attached hydrogens (primary N) is 1. The molecule has 0 aliphatic rings. The Labute approximate surface area is 157 Å². The number of nitrogens with one attached hydrogen (secondary N) is 2. The fourth-order valence-corrected chi connectivity index (χ4v) is 2.88. The average molecular weight is 362 g/mol. The van der Waals surface area contributed by atoms with Crippen LogP contribution >= 0.6 is 0 Å².